The highest BCUT2D eigenvalue weighted by molar-refractivity contribution is 6.16. The third kappa shape index (κ3) is 1.27. The predicted octanol–water partition coefficient (Wildman–Crippen LogP) is 2.14. The van der Waals surface area contributed by atoms with E-state index in [4.69, 9.17) is 0 Å². The Bertz CT molecular complexity index is 628. The van der Waals surface area contributed by atoms with Crippen LogP contribution in [0, 0.1) is 5.82 Å². The zero-order valence-electron chi connectivity index (χ0n) is 9.07. The van der Waals surface area contributed by atoms with E-state index >= 15 is 0 Å². The summed E-state index contributed by atoms with van der Waals surface area (Å²) >= 11 is 0. The lowest BCUT2D eigenvalue weighted by Gasteiger charge is -2.27. The molecule has 0 saturated heterocycles. The van der Waals surface area contributed by atoms with Crippen LogP contribution >= 0.6 is 0 Å². The maximum absolute atomic E-state index is 13.6. The molecule has 1 aromatic heterocycles. The minimum absolute atomic E-state index is 0.160. The lowest BCUT2D eigenvalue weighted by Crippen LogP contribution is -2.38. The number of carbonyl (C=O) groups excluding carboxylic acids is 1. The highest BCUT2D eigenvalue weighted by Gasteiger charge is 2.27. The molecule has 0 aliphatic carbocycles. The van der Waals surface area contributed by atoms with Crippen LogP contribution in [0.3, 0.4) is 0 Å². The summed E-state index contributed by atoms with van der Waals surface area (Å²) in [5.74, 6) is -0.0200. The molecule has 0 fully saturated rings. The van der Waals surface area contributed by atoms with Crippen molar-refractivity contribution in [3.63, 3.8) is 0 Å². The Balaban J connectivity index is 2.42. The van der Waals surface area contributed by atoms with E-state index in [0.717, 1.165) is 0 Å². The molecule has 2 amide bonds. The third-order valence-electron chi connectivity index (χ3n) is 2.78. The van der Waals surface area contributed by atoms with Crippen molar-refractivity contribution >= 4 is 28.4 Å². The summed E-state index contributed by atoms with van der Waals surface area (Å²) in [5.41, 5.74) is 0.776. The molecule has 1 N–H and O–H groups in total. The van der Waals surface area contributed by atoms with E-state index in [9.17, 15) is 9.18 Å². The van der Waals surface area contributed by atoms with Gasteiger partial charge in [0.1, 0.15) is 18.0 Å². The Morgan fingerprint density at radius 1 is 1.41 bits per heavy atom. The van der Waals surface area contributed by atoms with Crippen LogP contribution in [-0.2, 0) is 0 Å². The SMILES string of the molecule is CCN1C(=O)Nc2c(F)ccc3ncnc1c23. The van der Waals surface area contributed by atoms with Crippen molar-refractivity contribution in [1.29, 1.82) is 0 Å². The first-order chi connectivity index (χ1) is 8.22. The monoisotopic (exact) mass is 232 g/mol. The summed E-state index contributed by atoms with van der Waals surface area (Å²) in [6.45, 7) is 2.30. The summed E-state index contributed by atoms with van der Waals surface area (Å²) in [7, 11) is 0. The number of hydrogen-bond acceptors (Lipinski definition) is 3. The van der Waals surface area contributed by atoms with Gasteiger partial charge in [0.05, 0.1) is 16.6 Å². The highest BCUT2D eigenvalue weighted by Crippen LogP contribution is 2.35. The van der Waals surface area contributed by atoms with Gasteiger partial charge in [-0.15, -0.1) is 0 Å². The second-order valence-corrected chi connectivity index (χ2v) is 3.69. The summed E-state index contributed by atoms with van der Waals surface area (Å²) in [6, 6.07) is 2.49. The quantitative estimate of drug-likeness (QED) is 0.819. The molecule has 1 aromatic carbocycles. The van der Waals surface area contributed by atoms with E-state index in [0.29, 0.717) is 23.3 Å². The molecular formula is C11H9FN4O. The molecule has 86 valence electrons. The van der Waals surface area contributed by atoms with Gasteiger partial charge in [-0.05, 0) is 19.1 Å². The van der Waals surface area contributed by atoms with Gasteiger partial charge >= 0.3 is 6.03 Å². The molecule has 5 nitrogen and oxygen atoms in total. The first-order valence-corrected chi connectivity index (χ1v) is 5.24. The van der Waals surface area contributed by atoms with Gasteiger partial charge in [0.25, 0.3) is 0 Å². The number of rotatable bonds is 1. The van der Waals surface area contributed by atoms with Crippen molar-refractivity contribution in [3.8, 4) is 0 Å². The summed E-state index contributed by atoms with van der Waals surface area (Å²) in [6.07, 6.45) is 1.38. The molecule has 1 aliphatic heterocycles. The topological polar surface area (TPSA) is 58.1 Å². The van der Waals surface area contributed by atoms with Crippen molar-refractivity contribution in [2.24, 2.45) is 0 Å². The minimum atomic E-state index is -0.474. The number of nitrogens with zero attached hydrogens (tertiary/aromatic N) is 3. The van der Waals surface area contributed by atoms with Crippen LogP contribution in [0.25, 0.3) is 10.9 Å². The molecule has 0 atom stereocenters. The van der Waals surface area contributed by atoms with Gasteiger partial charge in [0.2, 0.25) is 0 Å². The minimum Gasteiger partial charge on any atom is -0.304 e. The zero-order valence-corrected chi connectivity index (χ0v) is 9.07. The molecular weight excluding hydrogens is 223 g/mol. The maximum Gasteiger partial charge on any atom is 0.327 e. The fraction of sp³-hybridized carbons (Fsp3) is 0.182. The molecule has 6 heteroatoms. The highest BCUT2D eigenvalue weighted by atomic mass is 19.1. The number of nitrogens with one attached hydrogen (secondary N) is 1. The van der Waals surface area contributed by atoms with Crippen LogP contribution < -0.4 is 10.2 Å². The molecule has 0 saturated carbocycles. The van der Waals surface area contributed by atoms with E-state index in [1.54, 1.807) is 6.07 Å². The van der Waals surface area contributed by atoms with Gasteiger partial charge in [-0.25, -0.2) is 19.2 Å². The number of urea groups is 1. The van der Waals surface area contributed by atoms with Crippen molar-refractivity contribution in [3.05, 3.63) is 24.3 Å². The van der Waals surface area contributed by atoms with Gasteiger partial charge < -0.3 is 5.32 Å². The Hall–Kier alpha value is -2.24. The number of aromatic nitrogens is 2. The Morgan fingerprint density at radius 2 is 2.24 bits per heavy atom. The predicted molar refractivity (Wildman–Crippen MR) is 61.5 cm³/mol. The van der Waals surface area contributed by atoms with Crippen molar-refractivity contribution in [2.75, 3.05) is 16.8 Å². The maximum atomic E-state index is 13.6. The lowest BCUT2D eigenvalue weighted by molar-refractivity contribution is 0.256. The molecule has 17 heavy (non-hydrogen) atoms. The van der Waals surface area contributed by atoms with Crippen molar-refractivity contribution < 1.29 is 9.18 Å². The fourth-order valence-electron chi connectivity index (χ4n) is 2.00. The van der Waals surface area contributed by atoms with Crippen molar-refractivity contribution in [2.45, 2.75) is 6.92 Å². The van der Waals surface area contributed by atoms with Gasteiger partial charge in [-0.1, -0.05) is 0 Å². The lowest BCUT2D eigenvalue weighted by atomic mass is 10.1. The van der Waals surface area contributed by atoms with E-state index in [2.05, 4.69) is 15.3 Å². The van der Waals surface area contributed by atoms with Gasteiger partial charge in [-0.2, -0.15) is 0 Å². The van der Waals surface area contributed by atoms with Gasteiger partial charge in [0, 0.05) is 6.54 Å². The van der Waals surface area contributed by atoms with Crippen LogP contribution in [0.5, 0.6) is 0 Å². The summed E-state index contributed by atoms with van der Waals surface area (Å²) in [4.78, 5) is 21.4. The van der Waals surface area contributed by atoms with Crippen molar-refractivity contribution in [1.82, 2.24) is 9.97 Å². The Labute approximate surface area is 96.3 Å². The zero-order chi connectivity index (χ0) is 12.0. The molecule has 0 bridgehead atoms. The van der Waals surface area contributed by atoms with Crippen LogP contribution in [0.4, 0.5) is 20.7 Å². The number of hydrogen-bond donors (Lipinski definition) is 1. The molecule has 1 aliphatic rings. The van der Waals surface area contributed by atoms with Gasteiger partial charge in [-0.3, -0.25) is 4.90 Å². The molecule has 2 heterocycles. The molecule has 3 rings (SSSR count). The Kier molecular flexibility index (Phi) is 1.98. The largest absolute Gasteiger partial charge is 0.327 e. The average molecular weight is 232 g/mol. The van der Waals surface area contributed by atoms with E-state index in [1.807, 2.05) is 6.92 Å². The average Bonchev–Trinajstić information content (AvgIpc) is 2.34. The first-order valence-electron chi connectivity index (χ1n) is 5.24. The Morgan fingerprint density at radius 3 is 3.00 bits per heavy atom. The summed E-state index contributed by atoms with van der Waals surface area (Å²) in [5, 5.41) is 3.08. The fourth-order valence-corrected chi connectivity index (χ4v) is 2.00. The number of halogens is 1. The van der Waals surface area contributed by atoms with E-state index in [-0.39, 0.29) is 11.7 Å². The second kappa shape index (κ2) is 3.38. The summed E-state index contributed by atoms with van der Waals surface area (Å²) < 4.78 is 13.6. The van der Waals surface area contributed by atoms with Crippen LogP contribution in [0.1, 0.15) is 6.92 Å². The number of amides is 2. The molecule has 0 unspecified atom stereocenters. The third-order valence-corrected chi connectivity index (χ3v) is 2.78. The number of benzene rings is 1. The molecule has 2 aromatic rings. The van der Waals surface area contributed by atoms with Gasteiger partial charge in [0.15, 0.2) is 0 Å². The van der Waals surface area contributed by atoms with Crippen LogP contribution in [0.2, 0.25) is 0 Å². The number of anilines is 2. The first kappa shape index (κ1) is 9.95. The van der Waals surface area contributed by atoms with E-state index < -0.39 is 5.82 Å². The second-order valence-electron chi connectivity index (χ2n) is 3.69. The standard InChI is InChI=1S/C11H9FN4O/c1-2-16-10-8-7(13-5-14-10)4-3-6(12)9(8)15-11(16)17/h3-5H,2H2,1H3,(H,15,17). The molecule has 0 radical (unpaired) electrons. The molecule has 0 spiro atoms. The van der Waals surface area contributed by atoms with E-state index in [1.165, 1.54) is 17.3 Å². The van der Waals surface area contributed by atoms with Crippen LogP contribution in [-0.4, -0.2) is 22.5 Å². The van der Waals surface area contributed by atoms with Crippen LogP contribution in [0.15, 0.2) is 18.5 Å². The number of carbonyl (C=O) groups is 1. The smallest absolute Gasteiger partial charge is 0.304 e. The normalized spacial score (nSPS) is 14.0.